The number of nitriles is 1. The van der Waals surface area contributed by atoms with E-state index in [1.54, 1.807) is 24.3 Å². The summed E-state index contributed by atoms with van der Waals surface area (Å²) in [5.41, 5.74) is 6.86. The highest BCUT2D eigenvalue weighted by atomic mass is 35.5. The van der Waals surface area contributed by atoms with Gasteiger partial charge in [0, 0.05) is 11.1 Å². The summed E-state index contributed by atoms with van der Waals surface area (Å²) < 4.78 is 11.2. The highest BCUT2D eigenvalue weighted by Crippen LogP contribution is 2.38. The number of fused-ring (bicyclic) bond motifs is 1. The topological polar surface area (TPSA) is 72.2 Å². The molecule has 2 aromatic carbocycles. The molecule has 5 heteroatoms. The van der Waals surface area contributed by atoms with Crippen LogP contribution in [0.15, 0.2) is 46.9 Å². The summed E-state index contributed by atoms with van der Waals surface area (Å²) in [6.45, 7) is 0. The second-order valence-corrected chi connectivity index (χ2v) is 4.59. The molecule has 0 aliphatic carbocycles. The number of nitrogen functional groups attached to an aromatic ring is 1. The summed E-state index contributed by atoms with van der Waals surface area (Å²) in [6.07, 6.45) is 0. The molecule has 1 heterocycles. The number of ether oxygens (including phenoxy) is 1. The van der Waals surface area contributed by atoms with Crippen molar-refractivity contribution in [3.63, 3.8) is 0 Å². The molecule has 0 saturated heterocycles. The molecule has 20 heavy (non-hydrogen) atoms. The highest BCUT2D eigenvalue weighted by molar-refractivity contribution is 6.30. The Morgan fingerprint density at radius 3 is 2.80 bits per heavy atom. The maximum Gasteiger partial charge on any atom is 0.247 e. The van der Waals surface area contributed by atoms with Gasteiger partial charge in [0.1, 0.15) is 11.7 Å². The van der Waals surface area contributed by atoms with Gasteiger partial charge in [0.15, 0.2) is 11.5 Å². The molecular weight excluding hydrogens is 276 g/mol. The van der Waals surface area contributed by atoms with Gasteiger partial charge >= 0.3 is 0 Å². The average molecular weight is 285 g/mol. The first-order valence-electron chi connectivity index (χ1n) is 5.83. The number of hydrogen-bond donors (Lipinski definition) is 1. The van der Waals surface area contributed by atoms with Crippen molar-refractivity contribution in [1.82, 2.24) is 0 Å². The first kappa shape index (κ1) is 12.4. The predicted octanol–water partition coefficient (Wildman–Crippen LogP) is 4.33. The maximum absolute atomic E-state index is 9.14. The van der Waals surface area contributed by atoms with Crippen LogP contribution in [-0.4, -0.2) is 0 Å². The molecule has 4 nitrogen and oxygen atoms in total. The van der Waals surface area contributed by atoms with Gasteiger partial charge in [-0.05, 0) is 24.3 Å². The Morgan fingerprint density at radius 2 is 2.00 bits per heavy atom. The molecule has 3 rings (SSSR count). The molecule has 0 fully saturated rings. The molecule has 2 N–H and O–H groups in total. The van der Waals surface area contributed by atoms with Gasteiger partial charge in [0.05, 0.1) is 11.1 Å². The van der Waals surface area contributed by atoms with E-state index in [0.29, 0.717) is 33.2 Å². The van der Waals surface area contributed by atoms with Crippen LogP contribution in [0.3, 0.4) is 0 Å². The van der Waals surface area contributed by atoms with Gasteiger partial charge in [-0.2, -0.15) is 5.26 Å². The molecule has 0 saturated carbocycles. The van der Waals surface area contributed by atoms with E-state index in [2.05, 4.69) is 0 Å². The zero-order valence-corrected chi connectivity index (χ0v) is 11.0. The van der Waals surface area contributed by atoms with Gasteiger partial charge in [-0.3, -0.25) is 0 Å². The van der Waals surface area contributed by atoms with Crippen LogP contribution in [0.4, 0.5) is 5.69 Å². The minimum Gasteiger partial charge on any atom is -0.450 e. The van der Waals surface area contributed by atoms with Crippen LogP contribution in [0.25, 0.3) is 11.0 Å². The van der Waals surface area contributed by atoms with E-state index in [1.165, 1.54) is 0 Å². The summed E-state index contributed by atoms with van der Waals surface area (Å²) in [4.78, 5) is 0. The van der Waals surface area contributed by atoms with Crippen molar-refractivity contribution in [3.05, 3.63) is 53.2 Å². The minimum absolute atomic E-state index is 0.102. The molecule has 0 amide bonds. The predicted molar refractivity (Wildman–Crippen MR) is 76.9 cm³/mol. The SMILES string of the molecule is N#Cc1oc2ccccc2c1Oc1cc(Cl)ccc1N. The summed E-state index contributed by atoms with van der Waals surface area (Å²) in [7, 11) is 0. The van der Waals surface area contributed by atoms with Gasteiger partial charge in [0.2, 0.25) is 5.76 Å². The number of hydrogen-bond acceptors (Lipinski definition) is 4. The third kappa shape index (κ3) is 2.04. The number of anilines is 1. The third-order valence-corrected chi connectivity index (χ3v) is 3.07. The van der Waals surface area contributed by atoms with E-state index in [0.717, 1.165) is 0 Å². The lowest BCUT2D eigenvalue weighted by molar-refractivity contribution is 0.469. The highest BCUT2D eigenvalue weighted by Gasteiger charge is 2.17. The molecule has 0 radical (unpaired) electrons. The molecule has 0 aliphatic rings. The molecule has 3 aromatic rings. The third-order valence-electron chi connectivity index (χ3n) is 2.84. The number of halogens is 1. The van der Waals surface area contributed by atoms with E-state index >= 15 is 0 Å². The van der Waals surface area contributed by atoms with Crippen LogP contribution in [0.5, 0.6) is 11.5 Å². The Morgan fingerprint density at radius 1 is 1.20 bits per heavy atom. The lowest BCUT2D eigenvalue weighted by atomic mass is 10.2. The molecule has 1 aromatic heterocycles. The van der Waals surface area contributed by atoms with E-state index < -0.39 is 0 Å². The van der Waals surface area contributed by atoms with Gasteiger partial charge < -0.3 is 14.9 Å². The van der Waals surface area contributed by atoms with Crippen LogP contribution in [0.2, 0.25) is 5.02 Å². The smallest absolute Gasteiger partial charge is 0.247 e. The van der Waals surface area contributed by atoms with Crippen molar-refractivity contribution in [2.75, 3.05) is 5.73 Å². The Labute approximate surface area is 119 Å². The van der Waals surface area contributed by atoms with Crippen molar-refractivity contribution in [1.29, 1.82) is 5.26 Å². The first-order valence-corrected chi connectivity index (χ1v) is 6.21. The van der Waals surface area contributed by atoms with Crippen LogP contribution < -0.4 is 10.5 Å². The van der Waals surface area contributed by atoms with E-state index in [1.807, 2.05) is 24.3 Å². The molecule has 0 aliphatic heterocycles. The Kier molecular flexibility index (Phi) is 2.97. The fraction of sp³-hybridized carbons (Fsp3) is 0. The number of nitrogens with zero attached hydrogens (tertiary/aromatic N) is 1. The minimum atomic E-state index is 0.102. The zero-order chi connectivity index (χ0) is 14.1. The van der Waals surface area contributed by atoms with Crippen molar-refractivity contribution >= 4 is 28.3 Å². The first-order chi connectivity index (χ1) is 9.69. The maximum atomic E-state index is 9.14. The van der Waals surface area contributed by atoms with E-state index in [9.17, 15) is 0 Å². The number of para-hydroxylation sites is 1. The number of benzene rings is 2. The fourth-order valence-electron chi connectivity index (χ4n) is 1.90. The van der Waals surface area contributed by atoms with Crippen LogP contribution in [0.1, 0.15) is 5.76 Å². The van der Waals surface area contributed by atoms with Gasteiger partial charge in [0.25, 0.3) is 0 Å². The van der Waals surface area contributed by atoms with Gasteiger partial charge in [-0.25, -0.2) is 0 Å². The van der Waals surface area contributed by atoms with Crippen LogP contribution in [0, 0.1) is 11.3 Å². The average Bonchev–Trinajstić information content (AvgIpc) is 2.81. The fourth-order valence-corrected chi connectivity index (χ4v) is 2.07. The summed E-state index contributed by atoms with van der Waals surface area (Å²) >= 11 is 5.92. The normalized spacial score (nSPS) is 10.4. The molecule has 0 bridgehead atoms. The summed E-state index contributed by atoms with van der Waals surface area (Å²) in [5.74, 6) is 0.836. The lowest BCUT2D eigenvalue weighted by Gasteiger charge is -2.07. The van der Waals surface area contributed by atoms with Crippen molar-refractivity contribution in [2.45, 2.75) is 0 Å². The lowest BCUT2D eigenvalue weighted by Crippen LogP contribution is -1.92. The second-order valence-electron chi connectivity index (χ2n) is 4.15. The van der Waals surface area contributed by atoms with Gasteiger partial charge in [-0.15, -0.1) is 0 Å². The molecular formula is C15H9ClN2O2. The molecule has 98 valence electrons. The Balaban J connectivity index is 2.15. The van der Waals surface area contributed by atoms with Crippen molar-refractivity contribution < 1.29 is 9.15 Å². The monoisotopic (exact) mass is 284 g/mol. The molecule has 0 atom stereocenters. The standard InChI is InChI=1S/C15H9ClN2O2/c16-9-5-6-11(18)13(7-9)20-15-10-3-1-2-4-12(10)19-14(15)8-17/h1-7H,18H2. The largest absolute Gasteiger partial charge is 0.450 e. The molecule has 0 spiro atoms. The quantitative estimate of drug-likeness (QED) is 0.711. The second kappa shape index (κ2) is 4.80. The van der Waals surface area contributed by atoms with Crippen molar-refractivity contribution in [3.8, 4) is 17.6 Å². The Hall–Kier alpha value is -2.64. The van der Waals surface area contributed by atoms with Crippen LogP contribution >= 0.6 is 11.6 Å². The summed E-state index contributed by atoms with van der Waals surface area (Å²) in [5, 5.41) is 10.4. The van der Waals surface area contributed by atoms with Gasteiger partial charge in [-0.1, -0.05) is 23.7 Å². The number of rotatable bonds is 2. The zero-order valence-electron chi connectivity index (χ0n) is 10.3. The van der Waals surface area contributed by atoms with E-state index in [-0.39, 0.29) is 5.76 Å². The van der Waals surface area contributed by atoms with E-state index in [4.69, 9.17) is 31.8 Å². The molecule has 0 unspecified atom stereocenters. The summed E-state index contributed by atoms with van der Waals surface area (Å²) in [6, 6.07) is 14.1. The number of furan rings is 1. The number of nitrogens with two attached hydrogens (primary N) is 1. The Bertz CT molecular complexity index is 833. The van der Waals surface area contributed by atoms with Crippen LogP contribution in [-0.2, 0) is 0 Å². The van der Waals surface area contributed by atoms with Crippen molar-refractivity contribution in [2.24, 2.45) is 0 Å².